The number of carbonyl (C=O) groups is 1. The van der Waals surface area contributed by atoms with Gasteiger partial charge in [-0.05, 0) is 37.1 Å². The van der Waals surface area contributed by atoms with Gasteiger partial charge in [-0.15, -0.1) is 0 Å². The van der Waals surface area contributed by atoms with Gasteiger partial charge in [-0.2, -0.15) is 0 Å². The zero-order chi connectivity index (χ0) is 15.1. The van der Waals surface area contributed by atoms with Gasteiger partial charge in [0.2, 0.25) is 0 Å². The van der Waals surface area contributed by atoms with Crippen molar-refractivity contribution in [3.05, 3.63) is 60.2 Å². The minimum absolute atomic E-state index is 0.0332. The highest BCUT2D eigenvalue weighted by molar-refractivity contribution is 5.96. The second-order valence-corrected chi connectivity index (χ2v) is 4.74. The molecule has 0 unspecified atom stereocenters. The Hall–Kier alpha value is -2.17. The number of hydrogen-bond donors (Lipinski definition) is 2. The first-order chi connectivity index (χ1) is 10.1. The first-order valence-electron chi connectivity index (χ1n) is 6.87. The summed E-state index contributed by atoms with van der Waals surface area (Å²) in [5.74, 6) is 1.29. The molecule has 0 aliphatic heterocycles. The molecular formula is C17H18O4. The molecule has 0 amide bonds. The number of hydrogen-bond acceptors (Lipinski definition) is 4. The molecule has 0 fully saturated rings. The third-order valence-corrected chi connectivity index (χ3v) is 3.00. The molecule has 0 heterocycles. The molecule has 0 atom stereocenters. The molecule has 0 saturated carbocycles. The van der Waals surface area contributed by atoms with Gasteiger partial charge < -0.3 is 14.9 Å². The van der Waals surface area contributed by atoms with E-state index in [0.717, 1.165) is 0 Å². The lowest BCUT2D eigenvalue weighted by Gasteiger charge is -2.07. The minimum atomic E-state index is -1.36. The number of para-hydroxylation sites is 1. The Bertz CT molecular complexity index is 578. The van der Waals surface area contributed by atoms with E-state index in [0.29, 0.717) is 23.5 Å². The second-order valence-electron chi connectivity index (χ2n) is 4.74. The summed E-state index contributed by atoms with van der Waals surface area (Å²) in [5, 5.41) is 17.5. The summed E-state index contributed by atoms with van der Waals surface area (Å²) in [6, 6.07) is 16.3. The standard InChI is InChI=1S/C17H18O4/c18-16(10-5-11-17(19)20)13-6-4-9-15(12-13)21-14-7-2-1-3-8-14/h1-4,6-9,12,17,19-20H,5,10-11H2. The van der Waals surface area contributed by atoms with Crippen LogP contribution in [-0.2, 0) is 0 Å². The van der Waals surface area contributed by atoms with Crippen LogP contribution < -0.4 is 4.74 Å². The lowest BCUT2D eigenvalue weighted by Crippen LogP contribution is -2.06. The van der Waals surface area contributed by atoms with Crippen LogP contribution in [-0.4, -0.2) is 22.3 Å². The minimum Gasteiger partial charge on any atom is -0.457 e. The van der Waals surface area contributed by atoms with Gasteiger partial charge >= 0.3 is 0 Å². The van der Waals surface area contributed by atoms with Crippen LogP contribution in [0.2, 0.25) is 0 Å². The molecule has 2 N–H and O–H groups in total. The van der Waals surface area contributed by atoms with Gasteiger partial charge in [0.1, 0.15) is 11.5 Å². The number of rotatable bonds is 7. The zero-order valence-electron chi connectivity index (χ0n) is 11.6. The Morgan fingerprint density at radius 3 is 2.43 bits per heavy atom. The zero-order valence-corrected chi connectivity index (χ0v) is 11.6. The Kier molecular flexibility index (Phi) is 5.49. The van der Waals surface area contributed by atoms with E-state index in [2.05, 4.69) is 0 Å². The fourth-order valence-corrected chi connectivity index (χ4v) is 1.95. The molecule has 4 nitrogen and oxygen atoms in total. The Morgan fingerprint density at radius 2 is 1.71 bits per heavy atom. The maximum absolute atomic E-state index is 12.0. The molecule has 0 spiro atoms. The molecule has 0 saturated heterocycles. The molecule has 2 rings (SSSR count). The monoisotopic (exact) mass is 286 g/mol. The van der Waals surface area contributed by atoms with Crippen molar-refractivity contribution in [3.63, 3.8) is 0 Å². The number of aliphatic hydroxyl groups excluding tert-OH is 1. The Morgan fingerprint density at radius 1 is 1.00 bits per heavy atom. The van der Waals surface area contributed by atoms with Crippen molar-refractivity contribution in [2.24, 2.45) is 0 Å². The van der Waals surface area contributed by atoms with Gasteiger partial charge in [0.15, 0.2) is 12.1 Å². The number of ketones is 1. The van der Waals surface area contributed by atoms with Crippen LogP contribution in [0.4, 0.5) is 0 Å². The van der Waals surface area contributed by atoms with Crippen molar-refractivity contribution in [3.8, 4) is 11.5 Å². The lowest BCUT2D eigenvalue weighted by atomic mass is 10.1. The van der Waals surface area contributed by atoms with Gasteiger partial charge in [-0.1, -0.05) is 30.3 Å². The lowest BCUT2D eigenvalue weighted by molar-refractivity contribution is -0.0461. The summed E-state index contributed by atoms with van der Waals surface area (Å²) < 4.78 is 5.68. The van der Waals surface area contributed by atoms with Crippen molar-refractivity contribution >= 4 is 5.78 Å². The number of carbonyl (C=O) groups excluding carboxylic acids is 1. The maximum Gasteiger partial charge on any atom is 0.163 e. The van der Waals surface area contributed by atoms with Gasteiger partial charge in [-0.3, -0.25) is 4.79 Å². The Labute approximate surface area is 123 Å². The van der Waals surface area contributed by atoms with Crippen molar-refractivity contribution in [1.82, 2.24) is 0 Å². The SMILES string of the molecule is O=C(CCCC(O)O)c1cccc(Oc2ccccc2)c1. The summed E-state index contributed by atoms with van der Waals surface area (Å²) in [5.41, 5.74) is 0.566. The molecule has 0 radical (unpaired) electrons. The van der Waals surface area contributed by atoms with E-state index in [-0.39, 0.29) is 18.6 Å². The number of benzene rings is 2. The van der Waals surface area contributed by atoms with Crippen molar-refractivity contribution in [1.29, 1.82) is 0 Å². The highest BCUT2D eigenvalue weighted by Gasteiger charge is 2.08. The third kappa shape index (κ3) is 5.02. The normalized spacial score (nSPS) is 10.6. The highest BCUT2D eigenvalue weighted by atomic mass is 16.5. The van der Waals surface area contributed by atoms with Crippen molar-refractivity contribution < 1.29 is 19.7 Å². The van der Waals surface area contributed by atoms with E-state index < -0.39 is 6.29 Å². The molecule has 0 aromatic heterocycles. The Balaban J connectivity index is 1.98. The van der Waals surface area contributed by atoms with Crippen LogP contribution in [0.25, 0.3) is 0 Å². The largest absolute Gasteiger partial charge is 0.457 e. The fourth-order valence-electron chi connectivity index (χ4n) is 1.95. The predicted molar refractivity (Wildman–Crippen MR) is 79.4 cm³/mol. The quantitative estimate of drug-likeness (QED) is 0.606. The molecule has 4 heteroatoms. The van der Waals surface area contributed by atoms with Gasteiger partial charge in [0.25, 0.3) is 0 Å². The summed E-state index contributed by atoms with van der Waals surface area (Å²) in [6.45, 7) is 0. The van der Waals surface area contributed by atoms with Crippen LogP contribution in [0.1, 0.15) is 29.6 Å². The highest BCUT2D eigenvalue weighted by Crippen LogP contribution is 2.22. The van der Waals surface area contributed by atoms with E-state index in [1.165, 1.54) is 0 Å². The first-order valence-corrected chi connectivity index (χ1v) is 6.87. The van der Waals surface area contributed by atoms with Crippen LogP contribution in [0.15, 0.2) is 54.6 Å². The first kappa shape index (κ1) is 15.2. The van der Waals surface area contributed by atoms with Crippen LogP contribution in [0.5, 0.6) is 11.5 Å². The van der Waals surface area contributed by atoms with E-state index in [1.54, 1.807) is 24.3 Å². The van der Waals surface area contributed by atoms with E-state index in [4.69, 9.17) is 14.9 Å². The molecule has 0 aliphatic rings. The smallest absolute Gasteiger partial charge is 0.163 e. The summed E-state index contributed by atoms with van der Waals surface area (Å²) in [4.78, 5) is 12.0. The molecule has 2 aromatic rings. The summed E-state index contributed by atoms with van der Waals surface area (Å²) >= 11 is 0. The van der Waals surface area contributed by atoms with Crippen LogP contribution in [0.3, 0.4) is 0 Å². The van der Waals surface area contributed by atoms with Crippen LogP contribution in [0, 0.1) is 0 Å². The molecule has 2 aromatic carbocycles. The van der Waals surface area contributed by atoms with Crippen molar-refractivity contribution in [2.45, 2.75) is 25.6 Å². The van der Waals surface area contributed by atoms with Crippen molar-refractivity contribution in [2.75, 3.05) is 0 Å². The average molecular weight is 286 g/mol. The third-order valence-electron chi connectivity index (χ3n) is 3.00. The van der Waals surface area contributed by atoms with E-state index in [9.17, 15) is 4.79 Å². The van der Waals surface area contributed by atoms with E-state index >= 15 is 0 Å². The second kappa shape index (κ2) is 7.57. The van der Waals surface area contributed by atoms with Gasteiger partial charge in [-0.25, -0.2) is 0 Å². The average Bonchev–Trinajstić information content (AvgIpc) is 2.48. The molecule has 110 valence electrons. The predicted octanol–water partition coefficient (Wildman–Crippen LogP) is 3.14. The van der Waals surface area contributed by atoms with E-state index in [1.807, 2.05) is 30.3 Å². The molecule has 21 heavy (non-hydrogen) atoms. The van der Waals surface area contributed by atoms with Crippen LogP contribution >= 0.6 is 0 Å². The molecule has 0 aliphatic carbocycles. The number of Topliss-reactive ketones (excluding diaryl/α,β-unsaturated/α-hetero) is 1. The number of ether oxygens (including phenoxy) is 1. The van der Waals surface area contributed by atoms with Gasteiger partial charge in [0.05, 0.1) is 0 Å². The number of aliphatic hydroxyl groups is 2. The molecule has 0 bridgehead atoms. The van der Waals surface area contributed by atoms with Gasteiger partial charge in [0, 0.05) is 12.0 Å². The molecular weight excluding hydrogens is 268 g/mol. The summed E-state index contributed by atoms with van der Waals surface area (Å²) in [6.07, 6.45) is -0.427. The maximum atomic E-state index is 12.0. The topological polar surface area (TPSA) is 66.8 Å². The fraction of sp³-hybridized carbons (Fsp3) is 0.235. The summed E-state index contributed by atoms with van der Waals surface area (Å²) in [7, 11) is 0.